The average molecular weight is 180 g/mol. The number of nitrogens with zero attached hydrogens (tertiary/aromatic N) is 2. The van der Waals surface area contributed by atoms with Crippen LogP contribution in [0.25, 0.3) is 0 Å². The molecule has 0 spiro atoms. The molecule has 1 aromatic rings. The lowest BCUT2D eigenvalue weighted by Gasteiger charge is -2.13. The van der Waals surface area contributed by atoms with Crippen LogP contribution in [0.1, 0.15) is 37.1 Å². The second-order valence-electron chi connectivity index (χ2n) is 3.94. The van der Waals surface area contributed by atoms with Crippen LogP contribution in [-0.2, 0) is 6.61 Å². The van der Waals surface area contributed by atoms with Gasteiger partial charge in [-0.3, -0.25) is 4.68 Å². The summed E-state index contributed by atoms with van der Waals surface area (Å²) >= 11 is 0. The highest BCUT2D eigenvalue weighted by Gasteiger charge is 2.30. The SMILES string of the molecule is Cc1c(CO)cnn1C(C)C1CC1. The van der Waals surface area contributed by atoms with Gasteiger partial charge in [0.2, 0.25) is 0 Å². The molecular weight excluding hydrogens is 164 g/mol. The van der Waals surface area contributed by atoms with Crippen LogP contribution in [-0.4, -0.2) is 14.9 Å². The Bertz CT molecular complexity index is 302. The molecule has 1 unspecified atom stereocenters. The largest absolute Gasteiger partial charge is 0.392 e. The number of aliphatic hydroxyl groups excluding tert-OH is 1. The topological polar surface area (TPSA) is 38.1 Å². The van der Waals surface area contributed by atoms with Gasteiger partial charge in [-0.2, -0.15) is 5.10 Å². The number of hydrogen-bond acceptors (Lipinski definition) is 2. The quantitative estimate of drug-likeness (QED) is 0.768. The van der Waals surface area contributed by atoms with Gasteiger partial charge in [0, 0.05) is 11.3 Å². The lowest BCUT2D eigenvalue weighted by atomic mass is 10.2. The molecule has 2 rings (SSSR count). The van der Waals surface area contributed by atoms with Gasteiger partial charge in [-0.25, -0.2) is 0 Å². The zero-order chi connectivity index (χ0) is 9.42. The molecular formula is C10H16N2O. The molecule has 13 heavy (non-hydrogen) atoms. The van der Waals surface area contributed by atoms with Gasteiger partial charge >= 0.3 is 0 Å². The molecule has 0 aliphatic heterocycles. The molecule has 0 bridgehead atoms. The number of rotatable bonds is 3. The molecule has 1 saturated carbocycles. The summed E-state index contributed by atoms with van der Waals surface area (Å²) < 4.78 is 2.04. The van der Waals surface area contributed by atoms with Gasteiger partial charge in [-0.15, -0.1) is 0 Å². The Hall–Kier alpha value is -0.830. The number of hydrogen-bond donors (Lipinski definition) is 1. The first-order valence-corrected chi connectivity index (χ1v) is 4.88. The van der Waals surface area contributed by atoms with Gasteiger partial charge < -0.3 is 5.11 Å². The van der Waals surface area contributed by atoms with Crippen LogP contribution in [0.3, 0.4) is 0 Å². The molecule has 0 saturated heterocycles. The summed E-state index contributed by atoms with van der Waals surface area (Å²) in [4.78, 5) is 0. The van der Waals surface area contributed by atoms with Crippen molar-refractivity contribution >= 4 is 0 Å². The van der Waals surface area contributed by atoms with Crippen LogP contribution < -0.4 is 0 Å². The Kier molecular flexibility index (Phi) is 2.12. The minimum Gasteiger partial charge on any atom is -0.392 e. The van der Waals surface area contributed by atoms with Crippen LogP contribution >= 0.6 is 0 Å². The van der Waals surface area contributed by atoms with Crippen molar-refractivity contribution in [1.82, 2.24) is 9.78 Å². The molecule has 3 heteroatoms. The summed E-state index contributed by atoms with van der Waals surface area (Å²) in [6.45, 7) is 4.33. The van der Waals surface area contributed by atoms with Crippen molar-refractivity contribution in [2.24, 2.45) is 5.92 Å². The molecule has 1 heterocycles. The first-order valence-electron chi connectivity index (χ1n) is 4.88. The van der Waals surface area contributed by atoms with E-state index in [1.165, 1.54) is 12.8 Å². The summed E-state index contributed by atoms with van der Waals surface area (Å²) in [5.74, 6) is 0.810. The first-order chi connectivity index (χ1) is 6.24. The minimum atomic E-state index is 0.100. The third kappa shape index (κ3) is 1.48. The van der Waals surface area contributed by atoms with Crippen molar-refractivity contribution in [1.29, 1.82) is 0 Å². The molecule has 0 amide bonds. The molecule has 0 aromatic carbocycles. The molecule has 1 aliphatic rings. The normalized spacial score (nSPS) is 19.0. The molecule has 1 fully saturated rings. The summed E-state index contributed by atoms with van der Waals surface area (Å²) in [5, 5.41) is 13.3. The maximum absolute atomic E-state index is 9.01. The molecule has 0 radical (unpaired) electrons. The zero-order valence-electron chi connectivity index (χ0n) is 8.20. The number of aliphatic hydroxyl groups is 1. The lowest BCUT2D eigenvalue weighted by Crippen LogP contribution is -2.10. The smallest absolute Gasteiger partial charge is 0.0715 e. The summed E-state index contributed by atoms with van der Waals surface area (Å²) in [6.07, 6.45) is 4.43. The minimum absolute atomic E-state index is 0.100. The summed E-state index contributed by atoms with van der Waals surface area (Å²) in [7, 11) is 0. The Morgan fingerprint density at radius 3 is 2.85 bits per heavy atom. The Morgan fingerprint density at radius 1 is 1.69 bits per heavy atom. The summed E-state index contributed by atoms with van der Waals surface area (Å²) in [6, 6.07) is 0.500. The van der Waals surface area contributed by atoms with Crippen molar-refractivity contribution in [2.75, 3.05) is 0 Å². The van der Waals surface area contributed by atoms with Crippen molar-refractivity contribution in [3.05, 3.63) is 17.5 Å². The third-order valence-electron chi connectivity index (χ3n) is 3.01. The van der Waals surface area contributed by atoms with E-state index in [4.69, 9.17) is 5.11 Å². The van der Waals surface area contributed by atoms with Crippen LogP contribution in [0, 0.1) is 12.8 Å². The summed E-state index contributed by atoms with van der Waals surface area (Å²) in [5.41, 5.74) is 2.06. The maximum atomic E-state index is 9.01. The van der Waals surface area contributed by atoms with Gasteiger partial charge in [0.05, 0.1) is 18.8 Å². The van der Waals surface area contributed by atoms with Crippen molar-refractivity contribution in [3.63, 3.8) is 0 Å². The monoisotopic (exact) mass is 180 g/mol. The highest BCUT2D eigenvalue weighted by Crippen LogP contribution is 2.39. The van der Waals surface area contributed by atoms with E-state index < -0.39 is 0 Å². The van der Waals surface area contributed by atoms with E-state index in [9.17, 15) is 0 Å². The first kappa shape index (κ1) is 8.75. The Labute approximate surface area is 78.4 Å². The van der Waals surface area contributed by atoms with Crippen molar-refractivity contribution in [3.8, 4) is 0 Å². The van der Waals surface area contributed by atoms with Crippen molar-refractivity contribution < 1.29 is 5.11 Å². The van der Waals surface area contributed by atoms with Crippen LogP contribution in [0.2, 0.25) is 0 Å². The van der Waals surface area contributed by atoms with Gasteiger partial charge in [-0.05, 0) is 32.6 Å². The second-order valence-corrected chi connectivity index (χ2v) is 3.94. The molecule has 1 aliphatic carbocycles. The molecule has 1 N–H and O–H groups in total. The molecule has 72 valence electrons. The van der Waals surface area contributed by atoms with E-state index >= 15 is 0 Å². The van der Waals surface area contributed by atoms with E-state index in [2.05, 4.69) is 12.0 Å². The van der Waals surface area contributed by atoms with Crippen LogP contribution in [0.15, 0.2) is 6.20 Å². The van der Waals surface area contributed by atoms with Gasteiger partial charge in [0.25, 0.3) is 0 Å². The van der Waals surface area contributed by atoms with Gasteiger partial charge in [-0.1, -0.05) is 0 Å². The van der Waals surface area contributed by atoms with E-state index in [1.807, 2.05) is 11.6 Å². The molecule has 3 nitrogen and oxygen atoms in total. The fourth-order valence-corrected chi connectivity index (χ4v) is 1.80. The second kappa shape index (κ2) is 3.14. The Balaban J connectivity index is 2.23. The third-order valence-corrected chi connectivity index (χ3v) is 3.01. The zero-order valence-corrected chi connectivity index (χ0v) is 8.20. The van der Waals surface area contributed by atoms with Crippen LogP contribution in [0.4, 0.5) is 0 Å². The lowest BCUT2D eigenvalue weighted by molar-refractivity contribution is 0.280. The predicted molar refractivity (Wildman–Crippen MR) is 50.3 cm³/mol. The molecule has 1 atom stereocenters. The highest BCUT2D eigenvalue weighted by molar-refractivity contribution is 5.15. The van der Waals surface area contributed by atoms with E-state index in [-0.39, 0.29) is 6.61 Å². The van der Waals surface area contributed by atoms with Crippen LogP contribution in [0.5, 0.6) is 0 Å². The predicted octanol–water partition coefficient (Wildman–Crippen LogP) is 1.65. The highest BCUT2D eigenvalue weighted by atomic mass is 16.3. The standard InChI is InChI=1S/C10H16N2O/c1-7(9-3-4-9)12-8(2)10(6-13)5-11-12/h5,7,9,13H,3-4,6H2,1-2H3. The Morgan fingerprint density at radius 2 is 2.38 bits per heavy atom. The average Bonchev–Trinajstić information content (AvgIpc) is 2.89. The fourth-order valence-electron chi connectivity index (χ4n) is 1.80. The maximum Gasteiger partial charge on any atom is 0.0715 e. The van der Waals surface area contributed by atoms with E-state index in [1.54, 1.807) is 6.20 Å². The van der Waals surface area contributed by atoms with Gasteiger partial charge in [0.15, 0.2) is 0 Å². The number of aromatic nitrogens is 2. The van der Waals surface area contributed by atoms with Gasteiger partial charge in [0.1, 0.15) is 0 Å². The molecule has 1 aromatic heterocycles. The van der Waals surface area contributed by atoms with E-state index in [0.29, 0.717) is 6.04 Å². The fraction of sp³-hybridized carbons (Fsp3) is 0.700. The van der Waals surface area contributed by atoms with Crippen molar-refractivity contribution in [2.45, 2.75) is 39.3 Å². The van der Waals surface area contributed by atoms with E-state index in [0.717, 1.165) is 17.2 Å².